The van der Waals surface area contributed by atoms with Gasteiger partial charge in [-0.15, -0.1) is 0 Å². The fourth-order valence-corrected chi connectivity index (χ4v) is 2.29. The third-order valence-electron chi connectivity index (χ3n) is 2.85. The number of carboxylic acids is 1. The second-order valence-electron chi connectivity index (χ2n) is 4.65. The number of carbonyl (C=O) groups excluding carboxylic acids is 1. The molecule has 1 aliphatic carbocycles. The van der Waals surface area contributed by atoms with E-state index in [0.717, 1.165) is 12.8 Å². The first-order valence-electron chi connectivity index (χ1n) is 6.63. The lowest BCUT2D eigenvalue weighted by Crippen LogP contribution is -2.30. The second-order valence-corrected chi connectivity index (χ2v) is 5.51. The Balaban J connectivity index is 2.11. The van der Waals surface area contributed by atoms with Gasteiger partial charge in [0.25, 0.3) is 5.91 Å². The summed E-state index contributed by atoms with van der Waals surface area (Å²) in [5, 5.41) is 11.8. The van der Waals surface area contributed by atoms with E-state index in [4.69, 9.17) is 14.6 Å². The van der Waals surface area contributed by atoms with E-state index >= 15 is 0 Å². The first-order valence-corrected chi connectivity index (χ1v) is 7.42. The number of carboxylic acid groups (broad SMARTS) is 1. The van der Waals surface area contributed by atoms with Crippen molar-refractivity contribution in [1.82, 2.24) is 5.32 Å². The first-order chi connectivity index (χ1) is 10.0. The fraction of sp³-hybridized carbons (Fsp3) is 0.429. The Morgan fingerprint density at radius 2 is 2.10 bits per heavy atom. The van der Waals surface area contributed by atoms with Crippen LogP contribution in [0.4, 0.5) is 0 Å². The third kappa shape index (κ3) is 4.35. The van der Waals surface area contributed by atoms with Gasteiger partial charge in [0.2, 0.25) is 0 Å². The van der Waals surface area contributed by atoms with Crippen LogP contribution in [0.5, 0.6) is 11.5 Å². The molecular formula is C14H16BrNO5. The van der Waals surface area contributed by atoms with Gasteiger partial charge in [-0.25, -0.2) is 4.79 Å². The highest BCUT2D eigenvalue weighted by molar-refractivity contribution is 9.10. The van der Waals surface area contributed by atoms with Gasteiger partial charge in [-0.3, -0.25) is 4.79 Å². The number of aromatic carboxylic acids is 1. The van der Waals surface area contributed by atoms with Crippen molar-refractivity contribution in [3.05, 3.63) is 22.2 Å². The molecule has 21 heavy (non-hydrogen) atoms. The topological polar surface area (TPSA) is 84.9 Å². The predicted molar refractivity (Wildman–Crippen MR) is 78.9 cm³/mol. The molecule has 1 aromatic rings. The van der Waals surface area contributed by atoms with Gasteiger partial charge in [0, 0.05) is 6.04 Å². The van der Waals surface area contributed by atoms with Crippen LogP contribution in [0.15, 0.2) is 16.6 Å². The molecule has 1 saturated carbocycles. The number of carbonyl (C=O) groups is 2. The number of ether oxygens (including phenoxy) is 2. The van der Waals surface area contributed by atoms with Crippen LogP contribution in [0.2, 0.25) is 0 Å². The van der Waals surface area contributed by atoms with Crippen LogP contribution >= 0.6 is 15.9 Å². The quantitative estimate of drug-likeness (QED) is 0.781. The normalized spacial score (nSPS) is 13.6. The molecule has 1 amide bonds. The van der Waals surface area contributed by atoms with Gasteiger partial charge >= 0.3 is 5.97 Å². The van der Waals surface area contributed by atoms with Crippen LogP contribution in [-0.2, 0) is 4.79 Å². The van der Waals surface area contributed by atoms with E-state index in [1.807, 2.05) is 0 Å². The Morgan fingerprint density at radius 3 is 2.67 bits per heavy atom. The molecule has 0 saturated heterocycles. The van der Waals surface area contributed by atoms with Gasteiger partial charge in [0.15, 0.2) is 18.1 Å². The van der Waals surface area contributed by atoms with Crippen LogP contribution < -0.4 is 14.8 Å². The van der Waals surface area contributed by atoms with Crippen LogP contribution in [0, 0.1) is 0 Å². The van der Waals surface area contributed by atoms with E-state index < -0.39 is 5.97 Å². The summed E-state index contributed by atoms with van der Waals surface area (Å²) in [6.45, 7) is 2.01. The number of hydrogen-bond acceptors (Lipinski definition) is 4. The lowest BCUT2D eigenvalue weighted by atomic mass is 10.2. The molecule has 0 unspecified atom stereocenters. The molecule has 0 heterocycles. The molecule has 1 fully saturated rings. The van der Waals surface area contributed by atoms with Gasteiger partial charge in [-0.1, -0.05) is 0 Å². The first kappa shape index (κ1) is 15.6. The highest BCUT2D eigenvalue weighted by Gasteiger charge is 2.24. The molecular weight excluding hydrogens is 342 g/mol. The number of hydrogen-bond donors (Lipinski definition) is 2. The van der Waals surface area contributed by atoms with E-state index in [0.29, 0.717) is 22.6 Å². The van der Waals surface area contributed by atoms with Crippen molar-refractivity contribution in [3.8, 4) is 11.5 Å². The number of benzene rings is 1. The van der Waals surface area contributed by atoms with Crippen molar-refractivity contribution >= 4 is 27.8 Å². The largest absolute Gasteiger partial charge is 0.490 e. The van der Waals surface area contributed by atoms with Crippen molar-refractivity contribution in [2.24, 2.45) is 0 Å². The van der Waals surface area contributed by atoms with E-state index in [1.54, 1.807) is 6.92 Å². The molecule has 0 aromatic heterocycles. The van der Waals surface area contributed by atoms with Crippen LogP contribution in [0.25, 0.3) is 0 Å². The molecule has 1 aliphatic rings. The highest BCUT2D eigenvalue weighted by Crippen LogP contribution is 2.37. The number of rotatable bonds is 7. The lowest BCUT2D eigenvalue weighted by molar-refractivity contribution is -0.123. The maximum absolute atomic E-state index is 11.6. The number of nitrogens with one attached hydrogen (secondary N) is 1. The van der Waals surface area contributed by atoms with Crippen molar-refractivity contribution in [3.63, 3.8) is 0 Å². The number of halogens is 1. The molecule has 2 N–H and O–H groups in total. The minimum atomic E-state index is -1.06. The summed E-state index contributed by atoms with van der Waals surface area (Å²) in [7, 11) is 0. The van der Waals surface area contributed by atoms with Gasteiger partial charge in [-0.2, -0.15) is 0 Å². The molecule has 114 valence electrons. The van der Waals surface area contributed by atoms with Gasteiger partial charge in [0.1, 0.15) is 0 Å². The highest BCUT2D eigenvalue weighted by atomic mass is 79.9. The van der Waals surface area contributed by atoms with Gasteiger partial charge in [0.05, 0.1) is 16.6 Å². The Bertz CT molecular complexity index is 557. The van der Waals surface area contributed by atoms with E-state index in [-0.39, 0.29) is 24.1 Å². The van der Waals surface area contributed by atoms with Crippen molar-refractivity contribution < 1.29 is 24.2 Å². The zero-order valence-corrected chi connectivity index (χ0v) is 13.1. The average Bonchev–Trinajstić information content (AvgIpc) is 3.21. The van der Waals surface area contributed by atoms with Crippen LogP contribution in [0.3, 0.4) is 0 Å². The Labute approximate surface area is 130 Å². The molecule has 0 aliphatic heterocycles. The minimum absolute atomic E-state index is 0.0834. The van der Waals surface area contributed by atoms with E-state index in [2.05, 4.69) is 21.2 Å². The van der Waals surface area contributed by atoms with Gasteiger partial charge in [-0.05, 0) is 47.8 Å². The van der Waals surface area contributed by atoms with Crippen LogP contribution in [0.1, 0.15) is 30.1 Å². The summed E-state index contributed by atoms with van der Waals surface area (Å²) in [4.78, 5) is 22.7. The summed E-state index contributed by atoms with van der Waals surface area (Å²) < 4.78 is 11.3. The Kier molecular flexibility index (Phi) is 5.06. The van der Waals surface area contributed by atoms with Crippen molar-refractivity contribution in [1.29, 1.82) is 0 Å². The average molecular weight is 358 g/mol. The standard InChI is InChI=1S/C14H16BrNO5/c1-2-20-11-6-8(14(18)19)5-10(15)13(11)21-7-12(17)16-9-3-4-9/h5-6,9H,2-4,7H2,1H3,(H,16,17)(H,18,19). The van der Waals surface area contributed by atoms with E-state index in [1.165, 1.54) is 12.1 Å². The summed E-state index contributed by atoms with van der Waals surface area (Å²) in [6, 6.07) is 3.06. The van der Waals surface area contributed by atoms with Crippen molar-refractivity contribution in [2.45, 2.75) is 25.8 Å². The minimum Gasteiger partial charge on any atom is -0.490 e. The Morgan fingerprint density at radius 1 is 1.38 bits per heavy atom. The van der Waals surface area contributed by atoms with Gasteiger partial charge < -0.3 is 19.9 Å². The SMILES string of the molecule is CCOc1cc(C(=O)O)cc(Br)c1OCC(=O)NC1CC1. The molecule has 0 bridgehead atoms. The molecule has 0 spiro atoms. The predicted octanol–water partition coefficient (Wildman–Crippen LogP) is 2.20. The maximum atomic E-state index is 11.6. The third-order valence-corrected chi connectivity index (χ3v) is 3.44. The molecule has 1 aromatic carbocycles. The maximum Gasteiger partial charge on any atom is 0.335 e. The summed E-state index contributed by atoms with van der Waals surface area (Å²) in [5.74, 6) is -0.639. The monoisotopic (exact) mass is 357 g/mol. The molecule has 6 nitrogen and oxygen atoms in total. The Hall–Kier alpha value is -1.76. The summed E-state index contributed by atoms with van der Waals surface area (Å²) in [6.07, 6.45) is 2.01. The fourth-order valence-electron chi connectivity index (χ4n) is 1.73. The second kappa shape index (κ2) is 6.80. The zero-order chi connectivity index (χ0) is 15.4. The van der Waals surface area contributed by atoms with Crippen LogP contribution in [-0.4, -0.2) is 36.2 Å². The van der Waals surface area contributed by atoms with Crippen molar-refractivity contribution in [2.75, 3.05) is 13.2 Å². The zero-order valence-electron chi connectivity index (χ0n) is 11.5. The molecule has 0 radical (unpaired) electrons. The summed E-state index contributed by atoms with van der Waals surface area (Å²) >= 11 is 3.25. The summed E-state index contributed by atoms with van der Waals surface area (Å²) in [5.41, 5.74) is 0.0834. The lowest BCUT2D eigenvalue weighted by Gasteiger charge is -2.14. The number of amides is 1. The molecule has 2 rings (SSSR count). The molecule has 7 heteroatoms. The smallest absolute Gasteiger partial charge is 0.335 e. The molecule has 0 atom stereocenters. The van der Waals surface area contributed by atoms with E-state index in [9.17, 15) is 9.59 Å².